The fourth-order valence-electron chi connectivity index (χ4n) is 2.64. The Hall–Kier alpha value is -1.84. The van der Waals surface area contributed by atoms with Gasteiger partial charge in [-0.3, -0.25) is 0 Å². The summed E-state index contributed by atoms with van der Waals surface area (Å²) in [6.45, 7) is 2.17. The molecule has 0 heterocycles. The molecule has 3 rings (SSSR count). The van der Waals surface area contributed by atoms with E-state index in [-0.39, 0.29) is 10.8 Å². The average molecular weight is 333 g/mol. The zero-order valence-electron chi connectivity index (χ0n) is 11.9. The number of phenolic OH excluding ortho intramolecular Hbond substituents is 1. The van der Waals surface area contributed by atoms with Crippen molar-refractivity contribution < 1.29 is 5.11 Å². The normalized spacial score (nSPS) is 19.0. The summed E-state index contributed by atoms with van der Waals surface area (Å²) in [6, 6.07) is 11.3. The zero-order chi connectivity index (χ0) is 15.7. The Labute approximate surface area is 138 Å². The van der Waals surface area contributed by atoms with Crippen LogP contribution in [0.15, 0.2) is 46.6 Å². The molecule has 0 saturated heterocycles. The van der Waals surface area contributed by atoms with Crippen LogP contribution in [0.4, 0.5) is 0 Å². The molecule has 0 radical (unpaired) electrons. The van der Waals surface area contributed by atoms with E-state index in [1.807, 2.05) is 12.1 Å². The van der Waals surface area contributed by atoms with E-state index < -0.39 is 0 Å². The number of hydrogen-bond acceptors (Lipinski definition) is 3. The Kier molecular flexibility index (Phi) is 4.19. The first-order valence-corrected chi connectivity index (χ1v) is 7.69. The van der Waals surface area contributed by atoms with Gasteiger partial charge in [0, 0.05) is 16.1 Å². The van der Waals surface area contributed by atoms with Crippen LogP contribution in [0.1, 0.15) is 36.0 Å². The number of rotatable bonds is 2. The highest BCUT2D eigenvalue weighted by Gasteiger charge is 2.23. The lowest BCUT2D eigenvalue weighted by Crippen LogP contribution is -1.93. The molecule has 22 heavy (non-hydrogen) atoms. The van der Waals surface area contributed by atoms with Gasteiger partial charge in [-0.05, 0) is 30.0 Å². The molecule has 112 valence electrons. The van der Waals surface area contributed by atoms with Crippen molar-refractivity contribution in [3.63, 3.8) is 0 Å². The number of hydrogen-bond donors (Lipinski definition) is 1. The molecule has 1 aliphatic rings. The number of nitrogens with zero attached hydrogens (tertiary/aromatic N) is 2. The molecule has 0 aliphatic heterocycles. The van der Waals surface area contributed by atoms with E-state index in [0.29, 0.717) is 16.5 Å². The summed E-state index contributed by atoms with van der Waals surface area (Å²) in [5.41, 5.74) is 3.83. The fourth-order valence-corrected chi connectivity index (χ4v) is 3.15. The van der Waals surface area contributed by atoms with Crippen LogP contribution < -0.4 is 0 Å². The van der Waals surface area contributed by atoms with Crippen molar-refractivity contribution in [3.8, 4) is 5.75 Å². The minimum Gasteiger partial charge on any atom is -0.506 e. The third kappa shape index (κ3) is 2.87. The maximum Gasteiger partial charge on any atom is 0.143 e. The number of aromatic hydroxyl groups is 1. The van der Waals surface area contributed by atoms with Gasteiger partial charge in [-0.2, -0.15) is 10.2 Å². The van der Waals surface area contributed by atoms with Crippen LogP contribution in [0.2, 0.25) is 10.0 Å². The van der Waals surface area contributed by atoms with E-state index in [4.69, 9.17) is 23.2 Å². The Morgan fingerprint density at radius 2 is 2.00 bits per heavy atom. The summed E-state index contributed by atoms with van der Waals surface area (Å²) >= 11 is 11.8. The number of fused-ring (bicyclic) bond motifs is 1. The van der Waals surface area contributed by atoms with Gasteiger partial charge in [-0.25, -0.2) is 0 Å². The van der Waals surface area contributed by atoms with E-state index in [9.17, 15) is 5.11 Å². The molecule has 5 heteroatoms. The first-order chi connectivity index (χ1) is 10.6. The van der Waals surface area contributed by atoms with Crippen LogP contribution in [0.3, 0.4) is 0 Å². The molecule has 1 atom stereocenters. The van der Waals surface area contributed by atoms with E-state index in [2.05, 4.69) is 29.3 Å². The van der Waals surface area contributed by atoms with Gasteiger partial charge in [-0.15, -0.1) is 0 Å². The van der Waals surface area contributed by atoms with Gasteiger partial charge >= 0.3 is 0 Å². The molecule has 2 aromatic rings. The van der Waals surface area contributed by atoms with E-state index in [0.717, 1.165) is 17.7 Å². The van der Waals surface area contributed by atoms with Gasteiger partial charge in [0.2, 0.25) is 0 Å². The summed E-state index contributed by atoms with van der Waals surface area (Å²) in [5.74, 6) is 0.398. The third-order valence-electron chi connectivity index (χ3n) is 3.74. The SMILES string of the molecule is CC1CC(=N/N=C/c2cc(Cl)cc(Cl)c2O)c2ccccc21. The molecule has 2 aromatic carbocycles. The first-order valence-electron chi connectivity index (χ1n) is 6.93. The van der Waals surface area contributed by atoms with Gasteiger partial charge in [-0.1, -0.05) is 54.4 Å². The maximum atomic E-state index is 9.88. The number of benzene rings is 2. The topological polar surface area (TPSA) is 45.0 Å². The molecule has 0 aromatic heterocycles. The van der Waals surface area contributed by atoms with Gasteiger partial charge < -0.3 is 5.11 Å². The van der Waals surface area contributed by atoms with Crippen molar-refractivity contribution in [1.29, 1.82) is 0 Å². The Morgan fingerprint density at radius 3 is 2.82 bits per heavy atom. The third-order valence-corrected chi connectivity index (χ3v) is 4.24. The first kappa shape index (κ1) is 15.1. The van der Waals surface area contributed by atoms with Crippen LogP contribution in [-0.2, 0) is 0 Å². The Bertz CT molecular complexity index is 784. The fraction of sp³-hybridized carbons (Fsp3) is 0.176. The second-order valence-corrected chi connectivity index (χ2v) is 6.15. The van der Waals surface area contributed by atoms with Crippen molar-refractivity contribution in [3.05, 3.63) is 63.1 Å². The number of phenols is 1. The molecule has 0 bridgehead atoms. The van der Waals surface area contributed by atoms with Crippen LogP contribution >= 0.6 is 23.2 Å². The molecule has 1 unspecified atom stereocenters. The molecular formula is C17H14Cl2N2O. The van der Waals surface area contributed by atoms with Gasteiger partial charge in [0.05, 0.1) is 16.9 Å². The summed E-state index contributed by atoms with van der Waals surface area (Å²) in [5, 5.41) is 18.9. The number of halogens is 2. The van der Waals surface area contributed by atoms with Gasteiger partial charge in [0.15, 0.2) is 0 Å². The van der Waals surface area contributed by atoms with Crippen molar-refractivity contribution >= 4 is 35.1 Å². The smallest absolute Gasteiger partial charge is 0.143 e. The minimum atomic E-state index is -0.0461. The standard InChI is InChI=1S/C17H14Cl2N2O/c1-10-6-16(14-5-3-2-4-13(10)14)21-20-9-11-7-12(18)8-15(19)17(11)22/h2-5,7-10,22H,6H2,1H3/b20-9+,21-16?. The Balaban J connectivity index is 1.90. The summed E-state index contributed by atoms with van der Waals surface area (Å²) < 4.78 is 0. The van der Waals surface area contributed by atoms with Crippen molar-refractivity contribution in [2.75, 3.05) is 0 Å². The van der Waals surface area contributed by atoms with E-state index in [1.54, 1.807) is 6.07 Å². The maximum absolute atomic E-state index is 9.88. The lowest BCUT2D eigenvalue weighted by Gasteiger charge is -2.01. The molecule has 0 amide bonds. The quantitative estimate of drug-likeness (QED) is 0.608. The van der Waals surface area contributed by atoms with E-state index >= 15 is 0 Å². The van der Waals surface area contributed by atoms with Crippen molar-refractivity contribution in [1.82, 2.24) is 0 Å². The highest BCUT2D eigenvalue weighted by atomic mass is 35.5. The largest absolute Gasteiger partial charge is 0.506 e. The second kappa shape index (κ2) is 6.11. The molecule has 0 spiro atoms. The minimum absolute atomic E-state index is 0.0461. The second-order valence-electron chi connectivity index (χ2n) is 5.31. The lowest BCUT2D eigenvalue weighted by atomic mass is 10.0. The highest BCUT2D eigenvalue weighted by Crippen LogP contribution is 2.33. The molecule has 3 nitrogen and oxygen atoms in total. The molecule has 1 N–H and O–H groups in total. The van der Waals surface area contributed by atoms with Crippen LogP contribution in [0, 0.1) is 0 Å². The zero-order valence-corrected chi connectivity index (χ0v) is 13.4. The van der Waals surface area contributed by atoms with Crippen LogP contribution in [0.25, 0.3) is 0 Å². The van der Waals surface area contributed by atoms with Crippen LogP contribution in [0.5, 0.6) is 5.75 Å². The Morgan fingerprint density at radius 1 is 1.23 bits per heavy atom. The predicted molar refractivity (Wildman–Crippen MR) is 91.7 cm³/mol. The highest BCUT2D eigenvalue weighted by molar-refractivity contribution is 6.36. The lowest BCUT2D eigenvalue weighted by molar-refractivity contribution is 0.474. The molecule has 1 aliphatic carbocycles. The van der Waals surface area contributed by atoms with Gasteiger partial charge in [0.25, 0.3) is 0 Å². The van der Waals surface area contributed by atoms with Crippen LogP contribution in [-0.4, -0.2) is 17.0 Å². The van der Waals surface area contributed by atoms with E-state index in [1.165, 1.54) is 17.8 Å². The summed E-state index contributed by atoms with van der Waals surface area (Å²) in [4.78, 5) is 0. The predicted octanol–water partition coefficient (Wildman–Crippen LogP) is 5.03. The van der Waals surface area contributed by atoms with Crippen molar-refractivity contribution in [2.45, 2.75) is 19.3 Å². The van der Waals surface area contributed by atoms with Gasteiger partial charge in [0.1, 0.15) is 5.75 Å². The molecular weight excluding hydrogens is 319 g/mol. The van der Waals surface area contributed by atoms with Crippen molar-refractivity contribution in [2.24, 2.45) is 10.2 Å². The average Bonchev–Trinajstić information content (AvgIpc) is 2.81. The monoisotopic (exact) mass is 332 g/mol. The molecule has 0 fully saturated rings. The summed E-state index contributed by atoms with van der Waals surface area (Å²) in [7, 11) is 0. The summed E-state index contributed by atoms with van der Waals surface area (Å²) in [6.07, 6.45) is 2.32. The molecule has 0 saturated carbocycles.